The van der Waals surface area contributed by atoms with Crippen molar-refractivity contribution < 1.29 is 0 Å². The molecule has 1 heteroatoms. The van der Waals surface area contributed by atoms with Crippen molar-refractivity contribution in [3.05, 3.63) is 12.2 Å². The molecule has 10 heavy (non-hydrogen) atoms. The van der Waals surface area contributed by atoms with Gasteiger partial charge in [0.1, 0.15) is 0 Å². The number of halogens is 1. The van der Waals surface area contributed by atoms with E-state index in [0.717, 1.165) is 10.7 Å². The molecule has 0 aromatic rings. The number of rotatable bonds is 2. The van der Waals surface area contributed by atoms with Crippen LogP contribution < -0.4 is 0 Å². The maximum Gasteiger partial charge on any atom is 0.0148 e. The first-order valence-electron chi connectivity index (χ1n) is 3.97. The van der Waals surface area contributed by atoms with E-state index in [2.05, 4.69) is 29.4 Å². The van der Waals surface area contributed by atoms with Crippen LogP contribution in [0.1, 0.15) is 32.6 Å². The summed E-state index contributed by atoms with van der Waals surface area (Å²) in [6, 6.07) is 0. The molecule has 1 saturated carbocycles. The zero-order valence-corrected chi connectivity index (χ0v) is 8.15. The molecule has 1 rings (SSSR count). The van der Waals surface area contributed by atoms with E-state index >= 15 is 0 Å². The number of hydrogen-bond donors (Lipinski definition) is 0. The highest BCUT2D eigenvalue weighted by atomic mass is 79.9. The fourth-order valence-electron chi connectivity index (χ4n) is 1.69. The highest BCUT2D eigenvalue weighted by Gasteiger charge is 2.21. The smallest absolute Gasteiger partial charge is 0.0148 e. The van der Waals surface area contributed by atoms with E-state index in [0.29, 0.717) is 0 Å². The molecule has 0 amide bonds. The summed E-state index contributed by atoms with van der Waals surface area (Å²) in [4.78, 5) is 0.789. The topological polar surface area (TPSA) is 0 Å². The van der Waals surface area contributed by atoms with E-state index in [1.807, 2.05) is 0 Å². The molecule has 58 valence electrons. The molecule has 1 aliphatic rings. The van der Waals surface area contributed by atoms with Gasteiger partial charge in [-0.15, -0.1) is 6.58 Å². The summed E-state index contributed by atoms with van der Waals surface area (Å²) in [7, 11) is 0. The Kier molecular flexibility index (Phi) is 2.96. The average molecular weight is 203 g/mol. The summed E-state index contributed by atoms with van der Waals surface area (Å²) >= 11 is 3.64. The van der Waals surface area contributed by atoms with Gasteiger partial charge in [-0.25, -0.2) is 0 Å². The molecule has 2 atom stereocenters. The Hall–Kier alpha value is 0.220. The second-order valence-corrected chi connectivity index (χ2v) is 4.73. The minimum atomic E-state index is 0.789. The molecule has 1 fully saturated rings. The molecule has 0 radical (unpaired) electrons. The second kappa shape index (κ2) is 3.56. The van der Waals surface area contributed by atoms with Crippen LogP contribution in [0.4, 0.5) is 0 Å². The molecule has 0 aliphatic heterocycles. The van der Waals surface area contributed by atoms with Gasteiger partial charge in [-0.1, -0.05) is 21.5 Å². The molecule has 0 heterocycles. The largest absolute Gasteiger partial charge is 0.100 e. The van der Waals surface area contributed by atoms with Crippen LogP contribution in [0.25, 0.3) is 0 Å². The monoisotopic (exact) mass is 202 g/mol. The normalized spacial score (nSPS) is 32.6. The van der Waals surface area contributed by atoms with Gasteiger partial charge in [0, 0.05) is 4.83 Å². The molecule has 0 nitrogen and oxygen atoms in total. The van der Waals surface area contributed by atoms with E-state index < -0.39 is 0 Å². The van der Waals surface area contributed by atoms with Crippen LogP contribution in [-0.2, 0) is 0 Å². The third-order valence-electron chi connectivity index (χ3n) is 2.11. The minimum absolute atomic E-state index is 0.789. The van der Waals surface area contributed by atoms with Crippen LogP contribution in [-0.4, -0.2) is 4.83 Å². The third-order valence-corrected chi connectivity index (χ3v) is 2.95. The lowest BCUT2D eigenvalue weighted by Gasteiger charge is -2.07. The summed E-state index contributed by atoms with van der Waals surface area (Å²) in [5.74, 6) is 0.918. The van der Waals surface area contributed by atoms with E-state index in [4.69, 9.17) is 0 Å². The Morgan fingerprint density at radius 1 is 1.60 bits per heavy atom. The first-order valence-corrected chi connectivity index (χ1v) is 4.88. The molecule has 0 aromatic carbocycles. The van der Waals surface area contributed by atoms with Gasteiger partial charge in [0.2, 0.25) is 0 Å². The van der Waals surface area contributed by atoms with Crippen molar-refractivity contribution in [1.29, 1.82) is 0 Å². The molecule has 1 aliphatic carbocycles. The SMILES string of the molecule is C=C(C)CC1CCC(Br)C1. The van der Waals surface area contributed by atoms with Gasteiger partial charge in [-0.05, 0) is 38.5 Å². The van der Waals surface area contributed by atoms with Crippen LogP contribution in [0.5, 0.6) is 0 Å². The third kappa shape index (κ3) is 2.45. The lowest BCUT2D eigenvalue weighted by Crippen LogP contribution is -1.94. The Balaban J connectivity index is 2.24. The highest BCUT2D eigenvalue weighted by molar-refractivity contribution is 9.09. The van der Waals surface area contributed by atoms with Crippen LogP contribution in [0.2, 0.25) is 0 Å². The molecular weight excluding hydrogens is 188 g/mol. The van der Waals surface area contributed by atoms with Gasteiger partial charge >= 0.3 is 0 Å². The fourth-order valence-corrected chi connectivity index (χ4v) is 2.49. The van der Waals surface area contributed by atoms with Gasteiger partial charge in [0.25, 0.3) is 0 Å². The molecular formula is C9H15Br. The number of hydrogen-bond acceptors (Lipinski definition) is 0. The second-order valence-electron chi connectivity index (χ2n) is 3.44. The van der Waals surface area contributed by atoms with Crippen molar-refractivity contribution >= 4 is 15.9 Å². The first kappa shape index (κ1) is 8.32. The molecule has 0 saturated heterocycles. The van der Waals surface area contributed by atoms with Crippen LogP contribution >= 0.6 is 15.9 Å². The van der Waals surface area contributed by atoms with Crippen molar-refractivity contribution in [3.63, 3.8) is 0 Å². The first-order chi connectivity index (χ1) is 4.68. The summed E-state index contributed by atoms with van der Waals surface area (Å²) < 4.78 is 0. The maximum absolute atomic E-state index is 3.93. The van der Waals surface area contributed by atoms with Crippen molar-refractivity contribution in [3.8, 4) is 0 Å². The predicted molar refractivity (Wildman–Crippen MR) is 49.5 cm³/mol. The summed E-state index contributed by atoms with van der Waals surface area (Å²) in [6.07, 6.45) is 5.34. The number of alkyl halides is 1. The van der Waals surface area contributed by atoms with Crippen molar-refractivity contribution in [1.82, 2.24) is 0 Å². The molecule has 2 unspecified atom stereocenters. The van der Waals surface area contributed by atoms with E-state index in [9.17, 15) is 0 Å². The summed E-state index contributed by atoms with van der Waals surface area (Å²) in [6.45, 7) is 6.05. The van der Waals surface area contributed by atoms with Crippen molar-refractivity contribution in [2.75, 3.05) is 0 Å². The van der Waals surface area contributed by atoms with Gasteiger partial charge in [-0.3, -0.25) is 0 Å². The van der Waals surface area contributed by atoms with Gasteiger partial charge < -0.3 is 0 Å². The van der Waals surface area contributed by atoms with Crippen molar-refractivity contribution in [2.24, 2.45) is 5.92 Å². The fraction of sp³-hybridized carbons (Fsp3) is 0.778. The highest BCUT2D eigenvalue weighted by Crippen LogP contribution is 2.33. The van der Waals surface area contributed by atoms with Gasteiger partial charge in [-0.2, -0.15) is 0 Å². The lowest BCUT2D eigenvalue weighted by molar-refractivity contribution is 0.546. The summed E-state index contributed by atoms with van der Waals surface area (Å²) in [5.41, 5.74) is 1.34. The quantitative estimate of drug-likeness (QED) is 0.475. The van der Waals surface area contributed by atoms with Crippen LogP contribution in [0.15, 0.2) is 12.2 Å². The van der Waals surface area contributed by atoms with Crippen LogP contribution in [0, 0.1) is 5.92 Å². The molecule has 0 aromatic heterocycles. The molecule has 0 spiro atoms. The predicted octanol–water partition coefficient (Wildman–Crippen LogP) is 3.52. The Labute approximate surface area is 71.8 Å². The average Bonchev–Trinajstić information content (AvgIpc) is 2.13. The Morgan fingerprint density at radius 3 is 2.70 bits per heavy atom. The Morgan fingerprint density at radius 2 is 2.30 bits per heavy atom. The molecule has 0 N–H and O–H groups in total. The number of allylic oxidation sites excluding steroid dienone is 1. The van der Waals surface area contributed by atoms with Gasteiger partial charge in [0.15, 0.2) is 0 Å². The standard InChI is InChI=1S/C9H15Br/c1-7(2)5-8-3-4-9(10)6-8/h8-9H,1,3-6H2,2H3. The lowest BCUT2D eigenvalue weighted by atomic mass is 10.0. The Bertz CT molecular complexity index is 129. The zero-order valence-electron chi connectivity index (χ0n) is 6.57. The van der Waals surface area contributed by atoms with Gasteiger partial charge in [0.05, 0.1) is 0 Å². The van der Waals surface area contributed by atoms with Crippen molar-refractivity contribution in [2.45, 2.75) is 37.4 Å². The van der Waals surface area contributed by atoms with E-state index in [1.165, 1.54) is 31.3 Å². The summed E-state index contributed by atoms with van der Waals surface area (Å²) in [5, 5.41) is 0. The van der Waals surface area contributed by atoms with E-state index in [1.54, 1.807) is 0 Å². The maximum atomic E-state index is 3.93. The van der Waals surface area contributed by atoms with Crippen LogP contribution in [0.3, 0.4) is 0 Å². The zero-order chi connectivity index (χ0) is 7.56. The minimum Gasteiger partial charge on any atom is -0.100 e. The van der Waals surface area contributed by atoms with E-state index in [-0.39, 0.29) is 0 Å². The molecule has 0 bridgehead atoms.